The number of benzene rings is 1. The first-order valence-electron chi connectivity index (χ1n) is 5.21. The Morgan fingerprint density at radius 3 is 2.88 bits per heavy atom. The molecular formula is C13H15FO2. The fourth-order valence-electron chi connectivity index (χ4n) is 1.33. The van der Waals surface area contributed by atoms with E-state index in [0.717, 1.165) is 11.1 Å². The largest absolute Gasteiger partial charge is 0.461 e. The molecule has 0 saturated heterocycles. The van der Waals surface area contributed by atoms with Crippen molar-refractivity contribution in [3.8, 4) is 0 Å². The molecule has 1 aromatic carbocycles. The minimum Gasteiger partial charge on any atom is -0.461 e. The van der Waals surface area contributed by atoms with Crippen LogP contribution in [0.15, 0.2) is 36.2 Å². The van der Waals surface area contributed by atoms with Gasteiger partial charge in [0.05, 0.1) is 6.61 Å². The van der Waals surface area contributed by atoms with E-state index in [9.17, 15) is 9.18 Å². The summed E-state index contributed by atoms with van der Waals surface area (Å²) >= 11 is 0. The summed E-state index contributed by atoms with van der Waals surface area (Å²) in [5.41, 5.74) is 2.09. The quantitative estimate of drug-likeness (QED) is 0.578. The van der Waals surface area contributed by atoms with E-state index in [0.29, 0.717) is 6.42 Å². The number of allylic oxidation sites excluding steroid dienone is 1. The van der Waals surface area contributed by atoms with Crippen molar-refractivity contribution in [3.05, 3.63) is 47.3 Å². The first-order chi connectivity index (χ1) is 7.63. The molecule has 0 aliphatic carbocycles. The van der Waals surface area contributed by atoms with Gasteiger partial charge in [0.2, 0.25) is 5.83 Å². The maximum atomic E-state index is 13.2. The number of ether oxygens (including phenoxy) is 1. The second-order valence-corrected chi connectivity index (χ2v) is 3.47. The molecule has 0 aliphatic heterocycles. The van der Waals surface area contributed by atoms with E-state index in [-0.39, 0.29) is 6.61 Å². The third-order valence-electron chi connectivity index (χ3n) is 2.07. The van der Waals surface area contributed by atoms with E-state index >= 15 is 0 Å². The van der Waals surface area contributed by atoms with Gasteiger partial charge >= 0.3 is 5.97 Å². The molecule has 86 valence electrons. The average Bonchev–Trinajstić information content (AvgIpc) is 2.26. The number of hydrogen-bond acceptors (Lipinski definition) is 2. The lowest BCUT2D eigenvalue weighted by molar-refractivity contribution is -0.140. The molecule has 0 heterocycles. The van der Waals surface area contributed by atoms with Crippen LogP contribution in [0.3, 0.4) is 0 Å². The second-order valence-electron chi connectivity index (χ2n) is 3.47. The highest BCUT2D eigenvalue weighted by atomic mass is 19.1. The van der Waals surface area contributed by atoms with Crippen molar-refractivity contribution in [1.29, 1.82) is 0 Å². The van der Waals surface area contributed by atoms with Gasteiger partial charge < -0.3 is 4.74 Å². The van der Waals surface area contributed by atoms with Gasteiger partial charge in [0.25, 0.3) is 0 Å². The van der Waals surface area contributed by atoms with Crippen molar-refractivity contribution < 1.29 is 13.9 Å². The number of rotatable bonds is 4. The van der Waals surface area contributed by atoms with Gasteiger partial charge in [0.15, 0.2) is 0 Å². The highest BCUT2D eigenvalue weighted by Crippen LogP contribution is 2.08. The summed E-state index contributed by atoms with van der Waals surface area (Å²) < 4.78 is 17.7. The summed E-state index contributed by atoms with van der Waals surface area (Å²) in [5.74, 6) is -1.72. The van der Waals surface area contributed by atoms with Crippen LogP contribution in [-0.4, -0.2) is 12.6 Å². The van der Waals surface area contributed by atoms with Gasteiger partial charge in [-0.2, -0.15) is 4.39 Å². The third-order valence-corrected chi connectivity index (χ3v) is 2.07. The first kappa shape index (κ1) is 12.4. The Hall–Kier alpha value is -1.64. The smallest absolute Gasteiger partial charge is 0.366 e. The Kier molecular flexibility index (Phi) is 4.70. The minimum absolute atomic E-state index is 0.185. The number of hydrogen-bond donors (Lipinski definition) is 0. The lowest BCUT2D eigenvalue weighted by Crippen LogP contribution is -2.04. The second kappa shape index (κ2) is 6.05. The zero-order valence-corrected chi connectivity index (χ0v) is 9.50. The van der Waals surface area contributed by atoms with E-state index in [2.05, 4.69) is 4.74 Å². The summed E-state index contributed by atoms with van der Waals surface area (Å²) in [6, 6.07) is 7.71. The van der Waals surface area contributed by atoms with Crippen LogP contribution in [0.1, 0.15) is 18.1 Å². The maximum Gasteiger partial charge on any atom is 0.366 e. The topological polar surface area (TPSA) is 26.3 Å². The Morgan fingerprint density at radius 1 is 1.50 bits per heavy atom. The third kappa shape index (κ3) is 3.85. The molecule has 0 amide bonds. The molecule has 0 aliphatic rings. The molecule has 0 fully saturated rings. The van der Waals surface area contributed by atoms with Crippen LogP contribution < -0.4 is 0 Å². The monoisotopic (exact) mass is 222 g/mol. The van der Waals surface area contributed by atoms with Gasteiger partial charge in [0, 0.05) is 0 Å². The lowest BCUT2D eigenvalue weighted by atomic mass is 10.1. The molecular weight excluding hydrogens is 207 g/mol. The van der Waals surface area contributed by atoms with Gasteiger partial charge in [-0.3, -0.25) is 0 Å². The Morgan fingerprint density at radius 2 is 2.25 bits per heavy atom. The number of halogens is 1. The van der Waals surface area contributed by atoms with Crippen LogP contribution in [0.2, 0.25) is 0 Å². The normalized spacial score (nSPS) is 11.3. The summed E-state index contributed by atoms with van der Waals surface area (Å²) in [6.45, 7) is 3.80. The number of carbonyl (C=O) groups excluding carboxylic acids is 1. The summed E-state index contributed by atoms with van der Waals surface area (Å²) in [4.78, 5) is 11.0. The van der Waals surface area contributed by atoms with Crippen molar-refractivity contribution in [3.63, 3.8) is 0 Å². The molecule has 3 heteroatoms. The van der Waals surface area contributed by atoms with Crippen molar-refractivity contribution >= 4 is 5.97 Å². The Bertz CT molecular complexity index is 397. The van der Waals surface area contributed by atoms with E-state index in [1.807, 2.05) is 31.2 Å². The molecule has 0 radical (unpaired) electrons. The van der Waals surface area contributed by atoms with Crippen LogP contribution in [-0.2, 0) is 16.0 Å². The van der Waals surface area contributed by atoms with Crippen molar-refractivity contribution in [2.75, 3.05) is 6.61 Å². The van der Waals surface area contributed by atoms with Gasteiger partial charge in [-0.15, -0.1) is 0 Å². The number of carbonyl (C=O) groups is 1. The molecule has 0 bridgehead atoms. The molecule has 1 aromatic rings. The predicted octanol–water partition coefficient (Wildman–Crippen LogP) is 2.95. The van der Waals surface area contributed by atoms with Crippen LogP contribution in [0.25, 0.3) is 0 Å². The zero-order chi connectivity index (χ0) is 12.0. The minimum atomic E-state index is -0.893. The van der Waals surface area contributed by atoms with E-state index < -0.39 is 11.8 Å². The number of esters is 1. The summed E-state index contributed by atoms with van der Waals surface area (Å²) in [6.07, 6.45) is 1.64. The van der Waals surface area contributed by atoms with Crippen LogP contribution in [0.5, 0.6) is 0 Å². The fraction of sp³-hybridized carbons (Fsp3) is 0.308. The molecule has 2 nitrogen and oxygen atoms in total. The van der Waals surface area contributed by atoms with Gasteiger partial charge in [0.1, 0.15) is 0 Å². The summed E-state index contributed by atoms with van der Waals surface area (Å²) in [5, 5.41) is 0. The molecule has 16 heavy (non-hydrogen) atoms. The van der Waals surface area contributed by atoms with Crippen LogP contribution in [0, 0.1) is 6.92 Å². The molecule has 0 N–H and O–H groups in total. The first-order valence-corrected chi connectivity index (χ1v) is 5.21. The van der Waals surface area contributed by atoms with Crippen LogP contribution in [0.4, 0.5) is 4.39 Å². The Balaban J connectivity index is 2.62. The lowest BCUT2D eigenvalue weighted by Gasteiger charge is -2.00. The van der Waals surface area contributed by atoms with Gasteiger partial charge in [-0.05, 0) is 31.9 Å². The van der Waals surface area contributed by atoms with E-state index in [1.54, 1.807) is 6.92 Å². The molecule has 0 unspecified atom stereocenters. The van der Waals surface area contributed by atoms with Crippen molar-refractivity contribution in [2.24, 2.45) is 0 Å². The SMILES string of the molecule is CCOC(=O)/C(F)=C\Cc1cccc(C)c1. The standard InChI is InChI=1S/C13H15FO2/c1-3-16-13(15)12(14)8-7-11-6-4-5-10(2)9-11/h4-6,8-9H,3,7H2,1-2H3/b12-8+. The molecule has 0 spiro atoms. The highest BCUT2D eigenvalue weighted by Gasteiger charge is 2.08. The van der Waals surface area contributed by atoms with Crippen LogP contribution >= 0.6 is 0 Å². The molecule has 0 aromatic heterocycles. The van der Waals surface area contributed by atoms with E-state index in [4.69, 9.17) is 0 Å². The molecule has 0 atom stereocenters. The Labute approximate surface area is 94.7 Å². The summed E-state index contributed by atoms with van der Waals surface area (Å²) in [7, 11) is 0. The highest BCUT2D eigenvalue weighted by molar-refractivity contribution is 5.85. The molecule has 1 rings (SSSR count). The van der Waals surface area contributed by atoms with Gasteiger partial charge in [-0.25, -0.2) is 4.79 Å². The van der Waals surface area contributed by atoms with E-state index in [1.165, 1.54) is 6.08 Å². The maximum absolute atomic E-state index is 13.2. The fourth-order valence-corrected chi connectivity index (χ4v) is 1.33. The van der Waals surface area contributed by atoms with Crippen molar-refractivity contribution in [2.45, 2.75) is 20.3 Å². The molecule has 0 saturated carbocycles. The average molecular weight is 222 g/mol. The number of aryl methyl sites for hydroxylation is 1. The van der Waals surface area contributed by atoms with Crippen molar-refractivity contribution in [1.82, 2.24) is 0 Å². The predicted molar refractivity (Wildman–Crippen MR) is 60.7 cm³/mol. The van der Waals surface area contributed by atoms with Gasteiger partial charge in [-0.1, -0.05) is 29.8 Å². The zero-order valence-electron chi connectivity index (χ0n) is 9.50.